The van der Waals surface area contributed by atoms with Crippen molar-refractivity contribution in [3.8, 4) is 0 Å². The van der Waals surface area contributed by atoms with Crippen LogP contribution in [0.25, 0.3) is 0 Å². The van der Waals surface area contributed by atoms with Gasteiger partial charge in [-0.15, -0.1) is 0 Å². The minimum atomic E-state index is -3.35. The van der Waals surface area contributed by atoms with E-state index in [1.807, 2.05) is 0 Å². The highest BCUT2D eigenvalue weighted by molar-refractivity contribution is 7.93. The second-order valence-electron chi connectivity index (χ2n) is 4.84. The van der Waals surface area contributed by atoms with Crippen molar-refractivity contribution in [2.75, 3.05) is 12.9 Å². The van der Waals surface area contributed by atoms with E-state index in [4.69, 9.17) is 4.74 Å². The molecule has 0 aromatic carbocycles. The van der Waals surface area contributed by atoms with Gasteiger partial charge < -0.3 is 4.74 Å². The van der Waals surface area contributed by atoms with Crippen LogP contribution < -0.4 is 0 Å². The predicted octanol–water partition coefficient (Wildman–Crippen LogP) is 0.907. The van der Waals surface area contributed by atoms with Crippen molar-refractivity contribution in [2.24, 2.45) is 5.41 Å². The van der Waals surface area contributed by atoms with Crippen molar-refractivity contribution in [3.63, 3.8) is 0 Å². The second kappa shape index (κ2) is 2.97. The lowest BCUT2D eigenvalue weighted by Gasteiger charge is -2.44. The van der Waals surface area contributed by atoms with Crippen LogP contribution >= 0.6 is 0 Å². The molecule has 0 unspecified atom stereocenters. The van der Waals surface area contributed by atoms with E-state index in [2.05, 4.69) is 0 Å². The number of hydrogen-bond donors (Lipinski definition) is 0. The van der Waals surface area contributed by atoms with E-state index in [1.54, 1.807) is 6.92 Å². The van der Waals surface area contributed by atoms with Crippen LogP contribution in [0, 0.1) is 5.41 Å². The Morgan fingerprint density at radius 2 is 1.87 bits per heavy atom. The van der Waals surface area contributed by atoms with E-state index in [9.17, 15) is 13.2 Å². The quantitative estimate of drug-likeness (QED) is 0.678. The minimum absolute atomic E-state index is 0.163. The van der Waals surface area contributed by atoms with Crippen molar-refractivity contribution in [3.05, 3.63) is 0 Å². The summed E-state index contributed by atoms with van der Waals surface area (Å²) in [5, 5.41) is 0. The molecule has 2 saturated carbocycles. The molecule has 0 amide bonds. The van der Waals surface area contributed by atoms with Crippen LogP contribution in [0.1, 0.15) is 32.6 Å². The van der Waals surface area contributed by atoms with Gasteiger partial charge in [-0.1, -0.05) is 0 Å². The molecule has 1 spiro atoms. The molecule has 15 heavy (non-hydrogen) atoms. The topological polar surface area (TPSA) is 60.4 Å². The van der Waals surface area contributed by atoms with Gasteiger partial charge in [0.25, 0.3) is 0 Å². The number of rotatable bonds is 3. The third-order valence-corrected chi connectivity index (χ3v) is 5.51. The smallest absolute Gasteiger partial charge is 0.327 e. The second-order valence-corrected chi connectivity index (χ2v) is 7.17. The molecule has 0 aromatic rings. The molecule has 0 atom stereocenters. The average molecular weight is 232 g/mol. The number of ether oxygens (including phenoxy) is 1. The highest BCUT2D eigenvalue weighted by Gasteiger charge is 2.69. The van der Waals surface area contributed by atoms with E-state index in [-0.39, 0.29) is 12.0 Å². The maximum Gasteiger partial charge on any atom is 0.327 e. The van der Waals surface area contributed by atoms with E-state index in [1.165, 1.54) is 0 Å². The number of carbonyl (C=O) groups excluding carboxylic acids is 1. The Balaban J connectivity index is 2.22. The Labute approximate surface area is 89.9 Å². The van der Waals surface area contributed by atoms with Crippen LogP contribution in [0.15, 0.2) is 0 Å². The number of esters is 1. The minimum Gasteiger partial charge on any atom is -0.465 e. The number of carbonyl (C=O) groups is 1. The van der Waals surface area contributed by atoms with Gasteiger partial charge in [-0.3, -0.25) is 4.79 Å². The number of sulfone groups is 1. The molecule has 2 aliphatic carbocycles. The van der Waals surface area contributed by atoms with Gasteiger partial charge in [-0.05, 0) is 38.0 Å². The van der Waals surface area contributed by atoms with Crippen LogP contribution in [0.2, 0.25) is 0 Å². The first-order valence-corrected chi connectivity index (χ1v) is 7.11. The largest absolute Gasteiger partial charge is 0.465 e. The molecule has 0 N–H and O–H groups in total. The van der Waals surface area contributed by atoms with Crippen molar-refractivity contribution in [2.45, 2.75) is 37.4 Å². The van der Waals surface area contributed by atoms with Gasteiger partial charge in [0.2, 0.25) is 0 Å². The normalized spacial score (nSPS) is 25.7. The fourth-order valence-electron chi connectivity index (χ4n) is 2.51. The molecule has 0 bridgehead atoms. The lowest BCUT2D eigenvalue weighted by Crippen LogP contribution is -2.57. The molecule has 2 rings (SSSR count). The molecule has 4 nitrogen and oxygen atoms in total. The summed E-state index contributed by atoms with van der Waals surface area (Å²) < 4.78 is 27.0. The molecular weight excluding hydrogens is 216 g/mol. The molecule has 2 fully saturated rings. The maximum absolute atomic E-state index is 11.7. The first kappa shape index (κ1) is 10.9. The van der Waals surface area contributed by atoms with Gasteiger partial charge in [0.05, 0.1) is 6.61 Å². The summed E-state index contributed by atoms with van der Waals surface area (Å²) in [6.07, 6.45) is 4.20. The van der Waals surface area contributed by atoms with Crippen LogP contribution in [0.3, 0.4) is 0 Å². The zero-order valence-corrected chi connectivity index (χ0v) is 9.89. The van der Waals surface area contributed by atoms with Gasteiger partial charge in [0.15, 0.2) is 14.6 Å². The van der Waals surface area contributed by atoms with Crippen LogP contribution in [0.5, 0.6) is 0 Å². The zero-order valence-electron chi connectivity index (χ0n) is 9.08. The third-order valence-electron chi connectivity index (χ3n) is 3.64. The van der Waals surface area contributed by atoms with Gasteiger partial charge >= 0.3 is 5.97 Å². The van der Waals surface area contributed by atoms with Crippen molar-refractivity contribution >= 4 is 15.8 Å². The first-order valence-electron chi connectivity index (χ1n) is 5.22. The van der Waals surface area contributed by atoms with Crippen molar-refractivity contribution in [1.29, 1.82) is 0 Å². The number of hydrogen-bond acceptors (Lipinski definition) is 4. The Morgan fingerprint density at radius 3 is 2.20 bits per heavy atom. The zero-order chi connectivity index (χ0) is 11.3. The van der Waals surface area contributed by atoms with Crippen LogP contribution in [-0.4, -0.2) is 32.0 Å². The van der Waals surface area contributed by atoms with Gasteiger partial charge in [0, 0.05) is 6.26 Å². The van der Waals surface area contributed by atoms with Gasteiger partial charge in [0.1, 0.15) is 0 Å². The summed E-state index contributed by atoms with van der Waals surface area (Å²) in [6.45, 7) is 1.93. The van der Waals surface area contributed by atoms with Gasteiger partial charge in [-0.25, -0.2) is 8.42 Å². The Hall–Kier alpha value is -0.580. The summed E-state index contributed by atoms with van der Waals surface area (Å²) in [5.41, 5.74) is 0.163. The predicted molar refractivity (Wildman–Crippen MR) is 55.1 cm³/mol. The standard InChI is InChI=1S/C10H16O4S/c1-3-14-8(11)10(15(2,12)13)6-9(7-10)4-5-9/h3-7H2,1-2H3. The Bertz CT molecular complexity index is 384. The summed E-state index contributed by atoms with van der Waals surface area (Å²) in [4.78, 5) is 11.7. The lowest BCUT2D eigenvalue weighted by molar-refractivity contribution is -0.151. The molecule has 0 aromatic heterocycles. The van der Waals surface area contributed by atoms with E-state index in [0.29, 0.717) is 12.8 Å². The summed E-state index contributed by atoms with van der Waals surface area (Å²) in [6, 6.07) is 0. The maximum atomic E-state index is 11.7. The highest BCUT2D eigenvalue weighted by Crippen LogP contribution is 2.67. The average Bonchev–Trinajstić information content (AvgIpc) is 2.77. The molecule has 0 heterocycles. The molecular formula is C10H16O4S. The molecule has 0 aliphatic heterocycles. The summed E-state index contributed by atoms with van der Waals surface area (Å²) in [5.74, 6) is -0.551. The van der Waals surface area contributed by atoms with Crippen LogP contribution in [0.4, 0.5) is 0 Å². The molecule has 0 saturated heterocycles. The fourth-order valence-corrected chi connectivity index (χ4v) is 4.01. The van der Waals surface area contributed by atoms with Crippen LogP contribution in [-0.2, 0) is 19.4 Å². The highest BCUT2D eigenvalue weighted by atomic mass is 32.2. The first-order chi connectivity index (χ1) is 6.85. The fraction of sp³-hybridized carbons (Fsp3) is 0.900. The lowest BCUT2D eigenvalue weighted by atomic mass is 9.71. The molecule has 0 radical (unpaired) electrons. The third kappa shape index (κ3) is 1.48. The van der Waals surface area contributed by atoms with Gasteiger partial charge in [-0.2, -0.15) is 0 Å². The van der Waals surface area contributed by atoms with E-state index in [0.717, 1.165) is 19.1 Å². The van der Waals surface area contributed by atoms with E-state index < -0.39 is 20.6 Å². The monoisotopic (exact) mass is 232 g/mol. The van der Waals surface area contributed by atoms with Crippen molar-refractivity contribution in [1.82, 2.24) is 0 Å². The Morgan fingerprint density at radius 1 is 1.33 bits per heavy atom. The summed E-state index contributed by atoms with van der Waals surface area (Å²) in [7, 11) is -3.35. The molecule has 2 aliphatic rings. The Kier molecular flexibility index (Phi) is 2.16. The summed E-state index contributed by atoms with van der Waals surface area (Å²) >= 11 is 0. The SMILES string of the molecule is CCOC(=O)C1(S(C)(=O)=O)CC2(CC2)C1. The molecule has 86 valence electrons. The molecule has 5 heteroatoms. The van der Waals surface area contributed by atoms with Crippen molar-refractivity contribution < 1.29 is 17.9 Å². The van der Waals surface area contributed by atoms with E-state index >= 15 is 0 Å².